The van der Waals surface area contributed by atoms with Crippen LogP contribution in [0.1, 0.15) is 19.5 Å². The van der Waals surface area contributed by atoms with Crippen molar-refractivity contribution in [1.29, 1.82) is 0 Å². The number of hydrogen-bond donors (Lipinski definition) is 2. The first-order valence-electron chi connectivity index (χ1n) is 5.08. The van der Waals surface area contributed by atoms with Crippen molar-refractivity contribution in [1.82, 2.24) is 15.1 Å². The minimum absolute atomic E-state index is 0.0314. The van der Waals surface area contributed by atoms with Gasteiger partial charge in [-0.05, 0) is 6.42 Å². The molecule has 6 nitrogen and oxygen atoms in total. The van der Waals surface area contributed by atoms with Gasteiger partial charge in [0.2, 0.25) is 11.8 Å². The van der Waals surface area contributed by atoms with Gasteiger partial charge in [0.15, 0.2) is 5.82 Å². The summed E-state index contributed by atoms with van der Waals surface area (Å²) in [5.74, 6) is 0.0806. The maximum Gasteiger partial charge on any atom is 0.245 e. The normalized spacial score (nSPS) is 9.94. The fourth-order valence-electron chi connectivity index (χ4n) is 1.12. The Morgan fingerprint density at radius 3 is 2.75 bits per heavy atom. The summed E-state index contributed by atoms with van der Waals surface area (Å²) in [6, 6.07) is 1.77. The lowest BCUT2D eigenvalue weighted by Crippen LogP contribution is -2.33. The lowest BCUT2D eigenvalue weighted by molar-refractivity contribution is -0.131. The van der Waals surface area contributed by atoms with E-state index in [1.807, 2.05) is 6.92 Å². The highest BCUT2D eigenvalue weighted by molar-refractivity contribution is 5.93. The van der Waals surface area contributed by atoms with E-state index in [0.717, 1.165) is 12.1 Å². The molecule has 88 valence electrons. The van der Waals surface area contributed by atoms with Gasteiger partial charge < -0.3 is 10.2 Å². The topological polar surface area (TPSA) is 78.1 Å². The molecular weight excluding hydrogens is 208 g/mol. The SMILES string of the molecule is CCc1cc(NC(=O)CN(C)C(C)=O)n[nH]1. The molecule has 0 atom stereocenters. The van der Waals surface area contributed by atoms with Crippen molar-refractivity contribution >= 4 is 17.6 Å². The van der Waals surface area contributed by atoms with E-state index in [0.29, 0.717) is 5.82 Å². The molecule has 6 heteroatoms. The number of aromatic amines is 1. The molecule has 0 spiro atoms. The van der Waals surface area contributed by atoms with Gasteiger partial charge in [-0.25, -0.2) is 0 Å². The number of carbonyl (C=O) groups is 2. The Balaban J connectivity index is 2.48. The van der Waals surface area contributed by atoms with Crippen LogP contribution in [-0.4, -0.2) is 40.5 Å². The number of amides is 2. The van der Waals surface area contributed by atoms with Crippen molar-refractivity contribution in [2.75, 3.05) is 18.9 Å². The summed E-state index contributed by atoms with van der Waals surface area (Å²) in [5.41, 5.74) is 0.954. The van der Waals surface area contributed by atoms with Crippen LogP contribution in [0.15, 0.2) is 6.07 Å². The van der Waals surface area contributed by atoms with Crippen LogP contribution < -0.4 is 5.32 Å². The van der Waals surface area contributed by atoms with Crippen LogP contribution in [0.25, 0.3) is 0 Å². The predicted molar refractivity (Wildman–Crippen MR) is 59.9 cm³/mol. The van der Waals surface area contributed by atoms with Crippen molar-refractivity contribution < 1.29 is 9.59 Å². The molecule has 0 saturated carbocycles. The van der Waals surface area contributed by atoms with E-state index < -0.39 is 0 Å². The largest absolute Gasteiger partial charge is 0.337 e. The zero-order valence-corrected chi connectivity index (χ0v) is 9.70. The minimum Gasteiger partial charge on any atom is -0.337 e. The second kappa shape index (κ2) is 5.29. The zero-order valence-electron chi connectivity index (χ0n) is 9.70. The number of aromatic nitrogens is 2. The highest BCUT2D eigenvalue weighted by Crippen LogP contribution is 2.05. The van der Waals surface area contributed by atoms with Gasteiger partial charge in [0, 0.05) is 25.7 Å². The quantitative estimate of drug-likeness (QED) is 0.776. The summed E-state index contributed by atoms with van der Waals surface area (Å²) in [5, 5.41) is 9.32. The molecule has 2 amide bonds. The predicted octanol–water partition coefficient (Wildman–Crippen LogP) is 0.389. The van der Waals surface area contributed by atoms with Crippen molar-refractivity contribution in [2.24, 2.45) is 0 Å². The number of aryl methyl sites for hydroxylation is 1. The number of H-pyrrole nitrogens is 1. The molecule has 2 N–H and O–H groups in total. The molecule has 0 saturated heterocycles. The van der Waals surface area contributed by atoms with Crippen LogP contribution in [0.4, 0.5) is 5.82 Å². The van der Waals surface area contributed by atoms with Crippen LogP contribution in [-0.2, 0) is 16.0 Å². The molecule has 1 aromatic rings. The van der Waals surface area contributed by atoms with E-state index in [9.17, 15) is 9.59 Å². The maximum absolute atomic E-state index is 11.5. The number of nitrogens with zero attached hydrogens (tertiary/aromatic N) is 2. The van der Waals surface area contributed by atoms with E-state index in [1.165, 1.54) is 11.8 Å². The molecule has 0 unspecified atom stereocenters. The van der Waals surface area contributed by atoms with E-state index in [2.05, 4.69) is 15.5 Å². The Kier molecular flexibility index (Phi) is 4.04. The fourth-order valence-corrected chi connectivity index (χ4v) is 1.12. The van der Waals surface area contributed by atoms with E-state index in [1.54, 1.807) is 13.1 Å². The van der Waals surface area contributed by atoms with Gasteiger partial charge in [-0.15, -0.1) is 0 Å². The average Bonchev–Trinajstić information content (AvgIpc) is 2.65. The molecule has 0 bridgehead atoms. The first kappa shape index (κ1) is 12.2. The molecule has 0 aromatic carbocycles. The number of nitrogens with one attached hydrogen (secondary N) is 2. The van der Waals surface area contributed by atoms with Gasteiger partial charge in [0.1, 0.15) is 0 Å². The Morgan fingerprint density at radius 1 is 1.56 bits per heavy atom. The van der Waals surface area contributed by atoms with E-state index in [-0.39, 0.29) is 18.4 Å². The molecule has 0 aliphatic heterocycles. The van der Waals surface area contributed by atoms with E-state index >= 15 is 0 Å². The summed E-state index contributed by atoms with van der Waals surface area (Å²) in [4.78, 5) is 23.7. The molecule has 0 aliphatic carbocycles. The van der Waals surface area contributed by atoms with Gasteiger partial charge in [-0.1, -0.05) is 6.92 Å². The first-order valence-corrected chi connectivity index (χ1v) is 5.08. The zero-order chi connectivity index (χ0) is 12.1. The fraction of sp³-hybridized carbons (Fsp3) is 0.500. The highest BCUT2D eigenvalue weighted by atomic mass is 16.2. The van der Waals surface area contributed by atoms with Gasteiger partial charge in [0.25, 0.3) is 0 Å². The smallest absolute Gasteiger partial charge is 0.245 e. The second-order valence-corrected chi connectivity index (χ2v) is 3.56. The van der Waals surface area contributed by atoms with E-state index in [4.69, 9.17) is 0 Å². The third kappa shape index (κ3) is 3.38. The summed E-state index contributed by atoms with van der Waals surface area (Å²) in [6.07, 6.45) is 0.830. The molecule has 0 fully saturated rings. The van der Waals surface area contributed by atoms with Crippen molar-refractivity contribution in [3.8, 4) is 0 Å². The van der Waals surface area contributed by atoms with Crippen LogP contribution >= 0.6 is 0 Å². The lowest BCUT2D eigenvalue weighted by Gasteiger charge is -2.13. The molecule has 1 heterocycles. The maximum atomic E-state index is 11.5. The van der Waals surface area contributed by atoms with Crippen molar-refractivity contribution in [2.45, 2.75) is 20.3 Å². The molecule has 16 heavy (non-hydrogen) atoms. The Hall–Kier alpha value is -1.85. The van der Waals surface area contributed by atoms with Gasteiger partial charge >= 0.3 is 0 Å². The Morgan fingerprint density at radius 2 is 2.25 bits per heavy atom. The van der Waals surface area contributed by atoms with Crippen LogP contribution in [0.3, 0.4) is 0 Å². The first-order chi connectivity index (χ1) is 7.52. The number of likely N-dealkylation sites (N-methyl/N-ethyl adjacent to an activating group) is 1. The third-order valence-electron chi connectivity index (χ3n) is 2.20. The summed E-state index contributed by atoms with van der Waals surface area (Å²) >= 11 is 0. The van der Waals surface area contributed by atoms with Crippen LogP contribution in [0, 0.1) is 0 Å². The Labute approximate surface area is 94.0 Å². The molecule has 0 radical (unpaired) electrons. The van der Waals surface area contributed by atoms with Gasteiger partial charge in [-0.2, -0.15) is 5.10 Å². The van der Waals surface area contributed by atoms with Gasteiger partial charge in [-0.3, -0.25) is 14.7 Å². The summed E-state index contributed by atoms with van der Waals surface area (Å²) in [6.45, 7) is 3.43. The third-order valence-corrected chi connectivity index (χ3v) is 2.20. The van der Waals surface area contributed by atoms with Crippen LogP contribution in [0.5, 0.6) is 0 Å². The minimum atomic E-state index is -0.258. The number of hydrogen-bond acceptors (Lipinski definition) is 3. The van der Waals surface area contributed by atoms with Crippen LogP contribution in [0.2, 0.25) is 0 Å². The van der Waals surface area contributed by atoms with Crippen molar-refractivity contribution in [3.63, 3.8) is 0 Å². The lowest BCUT2D eigenvalue weighted by atomic mass is 10.3. The second-order valence-electron chi connectivity index (χ2n) is 3.56. The standard InChI is InChI=1S/C10H16N4O2/c1-4-8-5-9(13-12-8)11-10(16)6-14(3)7(2)15/h5H,4,6H2,1-3H3,(H2,11,12,13,16). The highest BCUT2D eigenvalue weighted by Gasteiger charge is 2.10. The molecular formula is C10H16N4O2. The number of carbonyl (C=O) groups excluding carboxylic acids is 2. The molecule has 0 aliphatic rings. The summed E-state index contributed by atoms with van der Waals surface area (Å²) in [7, 11) is 1.57. The monoisotopic (exact) mass is 224 g/mol. The Bertz CT molecular complexity index is 386. The summed E-state index contributed by atoms with van der Waals surface area (Å²) < 4.78 is 0. The molecule has 1 aromatic heterocycles. The molecule has 1 rings (SSSR count). The van der Waals surface area contributed by atoms with Gasteiger partial charge in [0.05, 0.1) is 6.54 Å². The number of anilines is 1. The average molecular weight is 224 g/mol. The number of rotatable bonds is 4. The van der Waals surface area contributed by atoms with Crippen molar-refractivity contribution in [3.05, 3.63) is 11.8 Å².